The van der Waals surface area contributed by atoms with Crippen LogP contribution in [0.25, 0.3) is 0 Å². The van der Waals surface area contributed by atoms with Gasteiger partial charge >= 0.3 is 6.18 Å². The van der Waals surface area contributed by atoms with Crippen LogP contribution in [0.3, 0.4) is 0 Å². The third kappa shape index (κ3) is 2.11. The number of alkyl halides is 3. The van der Waals surface area contributed by atoms with Gasteiger partial charge in [-0.05, 0) is 17.7 Å². The summed E-state index contributed by atoms with van der Waals surface area (Å²) in [7, 11) is 0. The number of halogens is 3. The summed E-state index contributed by atoms with van der Waals surface area (Å²) < 4.78 is 38.7. The molecule has 7 heteroatoms. The standard InChI is InChI=1S/C12H8F3NO3/c1-6(18)16-4-9-8(11(16)19)2-7(5-17)3-10(9)12(13,14)15/h2-3,5H,4H2,1H3. The van der Waals surface area contributed by atoms with Crippen molar-refractivity contribution in [1.82, 2.24) is 4.90 Å². The molecule has 2 amide bonds. The molecule has 2 rings (SSSR count). The van der Waals surface area contributed by atoms with Crippen molar-refractivity contribution in [2.75, 3.05) is 0 Å². The summed E-state index contributed by atoms with van der Waals surface area (Å²) in [4.78, 5) is 34.4. The molecule has 0 aliphatic carbocycles. The second-order valence-corrected chi connectivity index (χ2v) is 4.12. The van der Waals surface area contributed by atoms with Crippen LogP contribution in [0.1, 0.15) is 38.8 Å². The van der Waals surface area contributed by atoms with Gasteiger partial charge in [-0.15, -0.1) is 0 Å². The summed E-state index contributed by atoms with van der Waals surface area (Å²) in [6, 6.07) is 1.76. The minimum atomic E-state index is -4.68. The third-order valence-corrected chi connectivity index (χ3v) is 2.89. The summed E-state index contributed by atoms with van der Waals surface area (Å²) in [5, 5.41) is 0. The molecule has 1 aromatic rings. The number of carbonyl (C=O) groups is 3. The van der Waals surface area contributed by atoms with E-state index >= 15 is 0 Å². The highest BCUT2D eigenvalue weighted by Gasteiger charge is 2.40. The van der Waals surface area contributed by atoms with Crippen LogP contribution in [0.4, 0.5) is 13.2 Å². The van der Waals surface area contributed by atoms with Crippen LogP contribution in [-0.4, -0.2) is 23.0 Å². The molecule has 0 bridgehead atoms. The molecule has 4 nitrogen and oxygen atoms in total. The Morgan fingerprint density at radius 1 is 1.37 bits per heavy atom. The highest BCUT2D eigenvalue weighted by molar-refractivity contribution is 6.08. The Morgan fingerprint density at radius 2 is 2.00 bits per heavy atom. The maximum absolute atomic E-state index is 12.9. The molecular weight excluding hydrogens is 263 g/mol. The van der Waals surface area contributed by atoms with Crippen LogP contribution in [-0.2, 0) is 17.5 Å². The Kier molecular flexibility index (Phi) is 2.92. The van der Waals surface area contributed by atoms with Crippen LogP contribution in [0.5, 0.6) is 0 Å². The molecule has 0 radical (unpaired) electrons. The fourth-order valence-electron chi connectivity index (χ4n) is 2.01. The Hall–Kier alpha value is -2.18. The second-order valence-electron chi connectivity index (χ2n) is 4.12. The number of rotatable bonds is 1. The number of benzene rings is 1. The molecule has 19 heavy (non-hydrogen) atoms. The molecule has 0 saturated carbocycles. The van der Waals surface area contributed by atoms with E-state index in [2.05, 4.69) is 0 Å². The molecule has 0 atom stereocenters. The van der Waals surface area contributed by atoms with E-state index in [0.717, 1.165) is 13.0 Å². The zero-order valence-electron chi connectivity index (χ0n) is 9.75. The van der Waals surface area contributed by atoms with Crippen molar-refractivity contribution in [2.24, 2.45) is 0 Å². The fourth-order valence-corrected chi connectivity index (χ4v) is 2.01. The molecule has 0 N–H and O–H groups in total. The highest BCUT2D eigenvalue weighted by atomic mass is 19.4. The molecule has 1 heterocycles. The topological polar surface area (TPSA) is 54.5 Å². The van der Waals surface area contributed by atoms with Crippen molar-refractivity contribution in [3.63, 3.8) is 0 Å². The Morgan fingerprint density at radius 3 is 2.47 bits per heavy atom. The molecule has 100 valence electrons. The van der Waals surface area contributed by atoms with Crippen molar-refractivity contribution < 1.29 is 27.6 Å². The van der Waals surface area contributed by atoms with Crippen LogP contribution < -0.4 is 0 Å². The second kappa shape index (κ2) is 4.18. The molecular formula is C12H8F3NO3. The summed E-state index contributed by atoms with van der Waals surface area (Å²) in [5.41, 5.74) is -1.81. The van der Waals surface area contributed by atoms with Gasteiger partial charge in [0, 0.05) is 18.1 Å². The van der Waals surface area contributed by atoms with E-state index in [1.54, 1.807) is 0 Å². The molecule has 0 aromatic heterocycles. The Balaban J connectivity index is 2.66. The van der Waals surface area contributed by atoms with Gasteiger partial charge in [0.1, 0.15) is 6.29 Å². The average Bonchev–Trinajstić information content (AvgIpc) is 2.64. The van der Waals surface area contributed by atoms with Gasteiger partial charge in [-0.2, -0.15) is 13.2 Å². The van der Waals surface area contributed by atoms with Gasteiger partial charge in [0.2, 0.25) is 5.91 Å². The van der Waals surface area contributed by atoms with Crippen molar-refractivity contribution in [1.29, 1.82) is 0 Å². The number of carbonyl (C=O) groups excluding carboxylic acids is 3. The molecule has 0 fully saturated rings. The van der Waals surface area contributed by atoms with Gasteiger partial charge in [0.15, 0.2) is 0 Å². The normalized spacial score (nSPS) is 14.5. The number of nitrogens with zero attached hydrogens (tertiary/aromatic N) is 1. The molecule has 0 spiro atoms. The van der Waals surface area contributed by atoms with Crippen LogP contribution >= 0.6 is 0 Å². The number of aldehydes is 1. The lowest BCUT2D eigenvalue weighted by molar-refractivity contribution is -0.138. The third-order valence-electron chi connectivity index (χ3n) is 2.89. The maximum atomic E-state index is 12.9. The Labute approximate surface area is 105 Å². The van der Waals surface area contributed by atoms with E-state index in [1.807, 2.05) is 0 Å². The Bertz CT molecular complexity index is 593. The molecule has 1 aliphatic rings. The van der Waals surface area contributed by atoms with Crippen molar-refractivity contribution in [2.45, 2.75) is 19.6 Å². The first-order chi connectivity index (χ1) is 8.75. The quantitative estimate of drug-likeness (QED) is 0.734. The maximum Gasteiger partial charge on any atom is 0.416 e. The van der Waals surface area contributed by atoms with Gasteiger partial charge < -0.3 is 0 Å². The summed E-state index contributed by atoms with van der Waals surface area (Å²) in [6.45, 7) is 0.676. The van der Waals surface area contributed by atoms with E-state index < -0.39 is 30.1 Å². The summed E-state index contributed by atoms with van der Waals surface area (Å²) in [5.74, 6) is -1.45. The largest absolute Gasteiger partial charge is 0.416 e. The zero-order chi connectivity index (χ0) is 14.4. The van der Waals surface area contributed by atoms with Crippen LogP contribution in [0.15, 0.2) is 12.1 Å². The van der Waals surface area contributed by atoms with Crippen molar-refractivity contribution in [3.05, 3.63) is 34.4 Å². The predicted octanol–water partition coefficient (Wildman–Crippen LogP) is 2.02. The van der Waals surface area contributed by atoms with E-state index in [1.165, 1.54) is 0 Å². The predicted molar refractivity (Wildman–Crippen MR) is 57.4 cm³/mol. The SMILES string of the molecule is CC(=O)N1Cc2c(cc(C=O)cc2C(F)(F)F)C1=O. The van der Waals surface area contributed by atoms with Gasteiger partial charge in [-0.25, -0.2) is 0 Å². The lowest BCUT2D eigenvalue weighted by Crippen LogP contribution is -2.28. The van der Waals surface area contributed by atoms with Crippen LogP contribution in [0, 0.1) is 0 Å². The average molecular weight is 271 g/mol. The first kappa shape index (κ1) is 13.3. The number of fused-ring (bicyclic) bond motifs is 1. The fraction of sp³-hybridized carbons (Fsp3) is 0.250. The van der Waals surface area contributed by atoms with Gasteiger partial charge in [-0.3, -0.25) is 19.3 Å². The zero-order valence-corrected chi connectivity index (χ0v) is 9.75. The molecule has 0 unspecified atom stereocenters. The number of hydrogen-bond acceptors (Lipinski definition) is 3. The van der Waals surface area contributed by atoms with E-state index in [0.29, 0.717) is 11.0 Å². The van der Waals surface area contributed by atoms with Crippen molar-refractivity contribution in [3.8, 4) is 0 Å². The number of hydrogen-bond donors (Lipinski definition) is 0. The monoisotopic (exact) mass is 271 g/mol. The van der Waals surface area contributed by atoms with Crippen LogP contribution in [0.2, 0.25) is 0 Å². The van der Waals surface area contributed by atoms with Crippen molar-refractivity contribution >= 4 is 18.1 Å². The minimum Gasteiger partial charge on any atom is -0.298 e. The first-order valence-electron chi connectivity index (χ1n) is 5.27. The molecule has 0 saturated heterocycles. The summed E-state index contributed by atoms with van der Waals surface area (Å²) in [6.07, 6.45) is -4.45. The van der Waals surface area contributed by atoms with E-state index in [-0.39, 0.29) is 23.0 Å². The minimum absolute atomic E-state index is 0.235. The number of imide groups is 1. The van der Waals surface area contributed by atoms with Gasteiger partial charge in [-0.1, -0.05) is 0 Å². The smallest absolute Gasteiger partial charge is 0.298 e. The highest BCUT2D eigenvalue weighted by Crippen LogP contribution is 2.37. The first-order valence-corrected chi connectivity index (χ1v) is 5.27. The lowest BCUT2D eigenvalue weighted by atomic mass is 9.99. The van der Waals surface area contributed by atoms with E-state index in [4.69, 9.17) is 0 Å². The van der Waals surface area contributed by atoms with Gasteiger partial charge in [0.25, 0.3) is 5.91 Å². The van der Waals surface area contributed by atoms with E-state index in [9.17, 15) is 27.6 Å². The van der Waals surface area contributed by atoms with Gasteiger partial charge in [0.05, 0.1) is 12.1 Å². The lowest BCUT2D eigenvalue weighted by Gasteiger charge is -2.12. The molecule has 1 aliphatic heterocycles. The molecule has 1 aromatic carbocycles. The number of amides is 2. The summed E-state index contributed by atoms with van der Waals surface area (Å²) >= 11 is 0.